The third-order valence-electron chi connectivity index (χ3n) is 5.58. The minimum atomic E-state index is -0.382. The summed E-state index contributed by atoms with van der Waals surface area (Å²) in [7, 11) is 1.86. The third kappa shape index (κ3) is 3.80. The highest BCUT2D eigenvalue weighted by Crippen LogP contribution is 2.30. The van der Waals surface area contributed by atoms with Crippen molar-refractivity contribution in [2.45, 2.75) is 12.7 Å². The van der Waals surface area contributed by atoms with Crippen LogP contribution < -0.4 is 21.1 Å². The van der Waals surface area contributed by atoms with Crippen LogP contribution in [0.3, 0.4) is 0 Å². The molecule has 2 N–H and O–H groups in total. The SMILES string of the molecule is CN1c2ncccc2C(=O)N[C@H]1c1ccc(NC(=O)Cn2cnc3ccccc3c2=O)cc1. The summed E-state index contributed by atoms with van der Waals surface area (Å²) in [6.45, 7) is -0.151. The molecule has 0 unspecified atom stereocenters. The molecule has 1 aliphatic heterocycles. The van der Waals surface area contributed by atoms with Crippen molar-refractivity contribution in [3.63, 3.8) is 0 Å². The first-order chi connectivity index (χ1) is 16.0. The van der Waals surface area contributed by atoms with Gasteiger partial charge in [-0.2, -0.15) is 0 Å². The fourth-order valence-electron chi connectivity index (χ4n) is 3.91. The van der Waals surface area contributed by atoms with E-state index in [1.165, 1.54) is 10.9 Å². The first kappa shape index (κ1) is 20.4. The molecule has 0 aliphatic carbocycles. The van der Waals surface area contributed by atoms with Crippen LogP contribution in [-0.2, 0) is 11.3 Å². The van der Waals surface area contributed by atoms with Crippen molar-refractivity contribution in [2.75, 3.05) is 17.3 Å². The van der Waals surface area contributed by atoms with Gasteiger partial charge in [-0.3, -0.25) is 19.0 Å². The molecule has 0 spiro atoms. The summed E-state index contributed by atoms with van der Waals surface area (Å²) in [5.41, 5.74) is 2.27. The number of fused-ring (bicyclic) bond motifs is 2. The molecular weight excluding hydrogens is 420 g/mol. The Labute approximate surface area is 188 Å². The maximum absolute atomic E-state index is 12.6. The van der Waals surface area contributed by atoms with Gasteiger partial charge in [0, 0.05) is 18.9 Å². The number of benzene rings is 2. The van der Waals surface area contributed by atoms with Crippen LogP contribution in [0.2, 0.25) is 0 Å². The molecular formula is C24H20N6O3. The summed E-state index contributed by atoms with van der Waals surface area (Å²) in [5, 5.41) is 6.22. The number of nitrogens with zero attached hydrogens (tertiary/aromatic N) is 4. The minimum absolute atomic E-state index is 0.151. The number of carbonyl (C=O) groups is 2. The van der Waals surface area contributed by atoms with E-state index in [1.54, 1.807) is 54.7 Å². The lowest BCUT2D eigenvalue weighted by atomic mass is 10.1. The Morgan fingerprint density at radius 3 is 2.64 bits per heavy atom. The number of rotatable bonds is 4. The highest BCUT2D eigenvalue weighted by atomic mass is 16.2. The summed E-state index contributed by atoms with van der Waals surface area (Å²) in [5.74, 6) is 0.0780. The monoisotopic (exact) mass is 440 g/mol. The molecule has 1 aliphatic rings. The number of anilines is 2. The van der Waals surface area contributed by atoms with Gasteiger partial charge in [-0.05, 0) is 42.0 Å². The van der Waals surface area contributed by atoms with E-state index in [2.05, 4.69) is 20.6 Å². The van der Waals surface area contributed by atoms with Gasteiger partial charge in [-0.15, -0.1) is 0 Å². The van der Waals surface area contributed by atoms with Crippen LogP contribution in [0.25, 0.3) is 10.9 Å². The average molecular weight is 440 g/mol. The molecule has 2 amide bonds. The number of hydrogen-bond acceptors (Lipinski definition) is 6. The first-order valence-corrected chi connectivity index (χ1v) is 10.3. The molecule has 9 nitrogen and oxygen atoms in total. The van der Waals surface area contributed by atoms with Crippen molar-refractivity contribution >= 4 is 34.2 Å². The molecule has 4 aromatic rings. The second kappa shape index (κ2) is 8.19. The zero-order chi connectivity index (χ0) is 22.9. The predicted octanol–water partition coefficient (Wildman–Crippen LogP) is 2.31. The molecule has 0 fully saturated rings. The van der Waals surface area contributed by atoms with Crippen LogP contribution in [0.1, 0.15) is 22.1 Å². The van der Waals surface area contributed by atoms with Crippen LogP contribution in [0.5, 0.6) is 0 Å². The van der Waals surface area contributed by atoms with Gasteiger partial charge in [0.1, 0.15) is 18.5 Å². The molecule has 0 saturated carbocycles. The summed E-state index contributed by atoms with van der Waals surface area (Å²) >= 11 is 0. The van der Waals surface area contributed by atoms with Crippen LogP contribution in [-0.4, -0.2) is 33.4 Å². The number of carbonyl (C=O) groups excluding carboxylic acids is 2. The van der Waals surface area contributed by atoms with Crippen molar-refractivity contribution in [3.05, 3.63) is 94.7 Å². The van der Waals surface area contributed by atoms with Gasteiger partial charge in [-0.1, -0.05) is 24.3 Å². The molecule has 3 heterocycles. The Kier molecular flexibility index (Phi) is 5.06. The van der Waals surface area contributed by atoms with Crippen LogP contribution >= 0.6 is 0 Å². The van der Waals surface area contributed by atoms with E-state index in [0.717, 1.165) is 5.56 Å². The van der Waals surface area contributed by atoms with E-state index < -0.39 is 0 Å². The Balaban J connectivity index is 1.30. The average Bonchev–Trinajstić information content (AvgIpc) is 2.84. The first-order valence-electron chi connectivity index (χ1n) is 10.3. The Bertz CT molecular complexity index is 1430. The van der Waals surface area contributed by atoms with Crippen molar-refractivity contribution < 1.29 is 9.59 Å². The number of amides is 2. The van der Waals surface area contributed by atoms with Gasteiger partial charge in [0.2, 0.25) is 5.91 Å². The quantitative estimate of drug-likeness (QED) is 0.504. The highest BCUT2D eigenvalue weighted by molar-refractivity contribution is 6.01. The van der Waals surface area contributed by atoms with E-state index in [4.69, 9.17) is 0 Å². The topological polar surface area (TPSA) is 109 Å². The Hall–Kier alpha value is -4.53. The molecule has 2 aromatic heterocycles. The molecule has 1 atom stereocenters. The molecule has 9 heteroatoms. The molecule has 0 saturated heterocycles. The lowest BCUT2D eigenvalue weighted by molar-refractivity contribution is -0.116. The maximum atomic E-state index is 12.6. The summed E-state index contributed by atoms with van der Waals surface area (Å²) < 4.78 is 1.28. The van der Waals surface area contributed by atoms with E-state index in [1.807, 2.05) is 24.1 Å². The fourth-order valence-corrected chi connectivity index (χ4v) is 3.91. The zero-order valence-corrected chi connectivity index (χ0v) is 17.7. The Morgan fingerprint density at radius 2 is 1.82 bits per heavy atom. The van der Waals surface area contributed by atoms with Crippen molar-refractivity contribution in [1.82, 2.24) is 19.9 Å². The van der Waals surface area contributed by atoms with Gasteiger partial charge in [0.05, 0.1) is 22.8 Å². The maximum Gasteiger partial charge on any atom is 0.261 e. The fraction of sp³-hybridized carbons (Fsp3) is 0.125. The van der Waals surface area contributed by atoms with Crippen LogP contribution in [0.4, 0.5) is 11.5 Å². The molecule has 0 bridgehead atoms. The van der Waals surface area contributed by atoms with E-state index >= 15 is 0 Å². The third-order valence-corrected chi connectivity index (χ3v) is 5.58. The van der Waals surface area contributed by atoms with E-state index in [9.17, 15) is 14.4 Å². The molecule has 0 radical (unpaired) electrons. The summed E-state index contributed by atoms with van der Waals surface area (Å²) in [6.07, 6.45) is 2.65. The minimum Gasteiger partial charge on any atom is -0.335 e. The van der Waals surface area contributed by atoms with E-state index in [0.29, 0.717) is 28.0 Å². The largest absolute Gasteiger partial charge is 0.335 e. The van der Waals surface area contributed by atoms with Gasteiger partial charge in [0.25, 0.3) is 11.5 Å². The lowest BCUT2D eigenvalue weighted by Gasteiger charge is -2.35. The Morgan fingerprint density at radius 1 is 1.03 bits per heavy atom. The zero-order valence-electron chi connectivity index (χ0n) is 17.7. The van der Waals surface area contributed by atoms with Crippen LogP contribution in [0.15, 0.2) is 78.0 Å². The molecule has 2 aromatic carbocycles. The molecule has 5 rings (SSSR count). The second-order valence-electron chi connectivity index (χ2n) is 7.73. The second-order valence-corrected chi connectivity index (χ2v) is 7.73. The van der Waals surface area contributed by atoms with Crippen LogP contribution in [0, 0.1) is 0 Å². The van der Waals surface area contributed by atoms with Gasteiger partial charge < -0.3 is 15.5 Å². The summed E-state index contributed by atoms with van der Waals surface area (Å²) in [4.78, 5) is 48.0. The predicted molar refractivity (Wildman–Crippen MR) is 124 cm³/mol. The number of nitrogens with one attached hydrogen (secondary N) is 2. The summed E-state index contributed by atoms with van der Waals surface area (Å²) in [6, 6.07) is 17.6. The number of para-hydroxylation sites is 1. The number of hydrogen-bond donors (Lipinski definition) is 2. The molecule has 164 valence electrons. The van der Waals surface area contributed by atoms with Gasteiger partial charge in [-0.25, -0.2) is 9.97 Å². The normalized spacial score (nSPS) is 15.1. The molecule has 33 heavy (non-hydrogen) atoms. The number of pyridine rings is 1. The number of aromatic nitrogens is 3. The van der Waals surface area contributed by atoms with Gasteiger partial charge in [0.15, 0.2) is 0 Å². The van der Waals surface area contributed by atoms with Gasteiger partial charge >= 0.3 is 0 Å². The highest BCUT2D eigenvalue weighted by Gasteiger charge is 2.30. The van der Waals surface area contributed by atoms with Crippen molar-refractivity contribution in [3.8, 4) is 0 Å². The standard InChI is InChI=1S/C24H20N6O3/c1-29-21(28-23(32)18-6-4-12-25-22(18)29)15-8-10-16(11-9-15)27-20(31)13-30-14-26-19-7-3-2-5-17(19)24(30)33/h2-12,14,21H,13H2,1H3,(H,27,31)(H,28,32)/t21-/m1/s1. The van der Waals surface area contributed by atoms with E-state index in [-0.39, 0.29) is 30.1 Å². The van der Waals surface area contributed by atoms with Crippen molar-refractivity contribution in [1.29, 1.82) is 0 Å². The smallest absolute Gasteiger partial charge is 0.261 e. The van der Waals surface area contributed by atoms with Crippen molar-refractivity contribution in [2.24, 2.45) is 0 Å². The lowest BCUT2D eigenvalue weighted by Crippen LogP contribution is -2.45.